The van der Waals surface area contributed by atoms with Gasteiger partial charge in [0.1, 0.15) is 0 Å². The van der Waals surface area contributed by atoms with E-state index in [2.05, 4.69) is 10.3 Å². The summed E-state index contributed by atoms with van der Waals surface area (Å²) in [4.78, 5) is 16.3. The lowest BCUT2D eigenvalue weighted by Gasteiger charge is -2.06. The van der Waals surface area contributed by atoms with Crippen molar-refractivity contribution in [3.8, 4) is 22.8 Å². The number of hydrogen-bond acceptors (Lipinski definition) is 5. The molecule has 0 saturated heterocycles. The van der Waals surface area contributed by atoms with E-state index in [4.69, 9.17) is 9.47 Å². The maximum Gasteiger partial charge on any atom is 0.231 e. The molecule has 5 nitrogen and oxygen atoms in total. The Kier molecular flexibility index (Phi) is 3.79. The van der Waals surface area contributed by atoms with Crippen LogP contribution in [-0.2, 0) is 4.79 Å². The number of rotatable bonds is 4. The highest BCUT2D eigenvalue weighted by molar-refractivity contribution is 7.14. The second-order valence-electron chi connectivity index (χ2n) is 4.90. The number of nitrogens with one attached hydrogen (secondary N) is 1. The summed E-state index contributed by atoms with van der Waals surface area (Å²) in [5.41, 5.74) is 1.76. The molecule has 0 radical (unpaired) electrons. The summed E-state index contributed by atoms with van der Waals surface area (Å²) in [7, 11) is 0. The maximum atomic E-state index is 11.9. The van der Waals surface area contributed by atoms with E-state index in [0.717, 1.165) is 29.2 Å². The van der Waals surface area contributed by atoms with Gasteiger partial charge in [0.2, 0.25) is 12.7 Å². The standard InChI is InChI=1S/C15H16N2O3S/c1-3-9(2)14(18)17-15-16-11(7-21-15)10-4-5-12-13(6-10)20-8-19-12/h4-7,9H,3,8H2,1-2H3,(H,16,17,18)/t9-/m0/s1. The van der Waals surface area contributed by atoms with Gasteiger partial charge >= 0.3 is 0 Å². The van der Waals surface area contributed by atoms with E-state index in [-0.39, 0.29) is 18.6 Å². The summed E-state index contributed by atoms with van der Waals surface area (Å²) in [5, 5.41) is 5.39. The molecule has 0 unspecified atom stereocenters. The van der Waals surface area contributed by atoms with Gasteiger partial charge in [-0.2, -0.15) is 0 Å². The third-order valence-corrected chi connectivity index (χ3v) is 4.22. The quantitative estimate of drug-likeness (QED) is 0.938. The lowest BCUT2D eigenvalue weighted by atomic mass is 10.1. The van der Waals surface area contributed by atoms with E-state index >= 15 is 0 Å². The van der Waals surface area contributed by atoms with E-state index in [1.165, 1.54) is 11.3 Å². The Balaban J connectivity index is 1.77. The van der Waals surface area contributed by atoms with Crippen molar-refractivity contribution < 1.29 is 14.3 Å². The number of nitrogens with zero attached hydrogens (tertiary/aromatic N) is 1. The first kappa shape index (κ1) is 13.9. The van der Waals surface area contributed by atoms with Crippen LogP contribution in [-0.4, -0.2) is 17.7 Å². The van der Waals surface area contributed by atoms with Gasteiger partial charge in [0, 0.05) is 16.9 Å². The minimum absolute atomic E-state index is 0.00378. The average Bonchev–Trinajstić information content (AvgIpc) is 3.14. The molecule has 1 aromatic carbocycles. The van der Waals surface area contributed by atoms with E-state index in [9.17, 15) is 4.79 Å². The van der Waals surface area contributed by atoms with Gasteiger partial charge in [-0.1, -0.05) is 13.8 Å². The van der Waals surface area contributed by atoms with Crippen LogP contribution in [0.15, 0.2) is 23.6 Å². The Morgan fingerprint density at radius 3 is 3.05 bits per heavy atom. The molecular weight excluding hydrogens is 288 g/mol. The van der Waals surface area contributed by atoms with Crippen LogP contribution >= 0.6 is 11.3 Å². The molecule has 1 atom stereocenters. The Morgan fingerprint density at radius 2 is 2.24 bits per heavy atom. The zero-order chi connectivity index (χ0) is 14.8. The predicted octanol–water partition coefficient (Wildman–Crippen LogP) is 3.52. The Hall–Kier alpha value is -2.08. The molecule has 1 aliphatic rings. The van der Waals surface area contributed by atoms with Gasteiger partial charge in [0.25, 0.3) is 0 Å². The number of carbonyl (C=O) groups excluding carboxylic acids is 1. The number of carbonyl (C=O) groups is 1. The van der Waals surface area contributed by atoms with Gasteiger partial charge in [-0.3, -0.25) is 4.79 Å². The molecule has 2 aromatic rings. The lowest BCUT2D eigenvalue weighted by molar-refractivity contribution is -0.119. The molecule has 1 aliphatic heterocycles. The molecule has 0 saturated carbocycles. The van der Waals surface area contributed by atoms with Crippen molar-refractivity contribution >= 4 is 22.4 Å². The van der Waals surface area contributed by atoms with Crippen molar-refractivity contribution in [1.82, 2.24) is 4.98 Å². The SMILES string of the molecule is CC[C@H](C)C(=O)Nc1nc(-c2ccc3c(c2)OCO3)cs1. The van der Waals surface area contributed by atoms with E-state index in [1.807, 2.05) is 37.4 Å². The highest BCUT2D eigenvalue weighted by Crippen LogP contribution is 2.36. The molecule has 1 aromatic heterocycles. The Morgan fingerprint density at radius 1 is 1.43 bits per heavy atom. The van der Waals surface area contributed by atoms with E-state index in [1.54, 1.807) is 0 Å². The molecular formula is C15H16N2O3S. The fourth-order valence-corrected chi connectivity index (χ4v) is 2.66. The molecule has 0 fully saturated rings. The Labute approximate surface area is 126 Å². The van der Waals surface area contributed by atoms with E-state index in [0.29, 0.717) is 5.13 Å². The van der Waals surface area contributed by atoms with Crippen LogP contribution in [0.4, 0.5) is 5.13 Å². The van der Waals surface area contributed by atoms with Crippen LogP contribution in [0.3, 0.4) is 0 Å². The highest BCUT2D eigenvalue weighted by atomic mass is 32.1. The topological polar surface area (TPSA) is 60.5 Å². The Bertz CT molecular complexity index is 669. The van der Waals surface area contributed by atoms with Crippen LogP contribution in [0, 0.1) is 5.92 Å². The number of benzene rings is 1. The zero-order valence-corrected chi connectivity index (χ0v) is 12.7. The first-order chi connectivity index (χ1) is 10.2. The molecule has 0 aliphatic carbocycles. The van der Waals surface area contributed by atoms with Gasteiger partial charge in [-0.05, 0) is 24.6 Å². The second-order valence-corrected chi connectivity index (χ2v) is 5.76. The number of hydrogen-bond donors (Lipinski definition) is 1. The summed E-state index contributed by atoms with van der Waals surface area (Å²) >= 11 is 1.42. The summed E-state index contributed by atoms with van der Waals surface area (Å²) in [6.07, 6.45) is 0.812. The summed E-state index contributed by atoms with van der Waals surface area (Å²) in [5.74, 6) is 1.47. The lowest BCUT2D eigenvalue weighted by Crippen LogP contribution is -2.19. The van der Waals surface area contributed by atoms with Crippen LogP contribution in [0.25, 0.3) is 11.3 Å². The van der Waals surface area contributed by atoms with Crippen molar-refractivity contribution in [2.24, 2.45) is 5.92 Å². The van der Waals surface area contributed by atoms with Crippen molar-refractivity contribution in [2.45, 2.75) is 20.3 Å². The smallest absolute Gasteiger partial charge is 0.231 e. The van der Waals surface area contributed by atoms with Gasteiger partial charge in [0.05, 0.1) is 5.69 Å². The molecule has 0 bridgehead atoms. The molecule has 6 heteroatoms. The summed E-state index contributed by atoms with van der Waals surface area (Å²) in [6.45, 7) is 4.15. The first-order valence-electron chi connectivity index (χ1n) is 6.83. The average molecular weight is 304 g/mol. The number of anilines is 1. The molecule has 2 heterocycles. The number of amides is 1. The first-order valence-corrected chi connectivity index (χ1v) is 7.71. The molecule has 1 N–H and O–H groups in total. The number of ether oxygens (including phenoxy) is 2. The normalized spacial score (nSPS) is 14.0. The third-order valence-electron chi connectivity index (χ3n) is 3.46. The monoisotopic (exact) mass is 304 g/mol. The summed E-state index contributed by atoms with van der Waals surface area (Å²) < 4.78 is 10.7. The highest BCUT2D eigenvalue weighted by Gasteiger charge is 2.16. The van der Waals surface area contributed by atoms with Crippen LogP contribution in [0.2, 0.25) is 0 Å². The minimum atomic E-state index is -0.0112. The minimum Gasteiger partial charge on any atom is -0.454 e. The number of thiazole rings is 1. The summed E-state index contributed by atoms with van der Waals surface area (Å²) in [6, 6.07) is 5.70. The number of fused-ring (bicyclic) bond motifs is 1. The molecule has 110 valence electrons. The van der Waals surface area contributed by atoms with Crippen molar-refractivity contribution in [2.75, 3.05) is 12.1 Å². The fourth-order valence-electron chi connectivity index (χ4n) is 1.93. The fraction of sp³-hybridized carbons (Fsp3) is 0.333. The van der Waals surface area contributed by atoms with Gasteiger partial charge < -0.3 is 14.8 Å². The van der Waals surface area contributed by atoms with E-state index < -0.39 is 0 Å². The third kappa shape index (κ3) is 2.85. The van der Waals surface area contributed by atoms with Crippen molar-refractivity contribution in [3.63, 3.8) is 0 Å². The van der Waals surface area contributed by atoms with Gasteiger partial charge in [-0.25, -0.2) is 4.98 Å². The molecule has 1 amide bonds. The maximum absolute atomic E-state index is 11.9. The molecule has 0 spiro atoms. The largest absolute Gasteiger partial charge is 0.454 e. The molecule has 3 rings (SSSR count). The van der Waals surface area contributed by atoms with Crippen LogP contribution < -0.4 is 14.8 Å². The van der Waals surface area contributed by atoms with Crippen molar-refractivity contribution in [1.29, 1.82) is 0 Å². The zero-order valence-electron chi connectivity index (χ0n) is 11.9. The molecule has 21 heavy (non-hydrogen) atoms. The number of aromatic nitrogens is 1. The van der Waals surface area contributed by atoms with Crippen LogP contribution in [0.1, 0.15) is 20.3 Å². The van der Waals surface area contributed by atoms with Crippen molar-refractivity contribution in [3.05, 3.63) is 23.6 Å². The second kappa shape index (κ2) is 5.73. The van der Waals surface area contributed by atoms with Gasteiger partial charge in [-0.15, -0.1) is 11.3 Å². The predicted molar refractivity (Wildman–Crippen MR) is 81.8 cm³/mol. The van der Waals surface area contributed by atoms with Gasteiger partial charge in [0.15, 0.2) is 16.6 Å². The van der Waals surface area contributed by atoms with Crippen LogP contribution in [0.5, 0.6) is 11.5 Å².